The molecule has 1 amide bonds. The van der Waals surface area contributed by atoms with E-state index in [1.807, 2.05) is 24.3 Å². The van der Waals surface area contributed by atoms with Gasteiger partial charge in [-0.1, -0.05) is 36.4 Å². The second-order valence-corrected chi connectivity index (χ2v) is 10.1. The molecule has 0 bridgehead atoms. The number of halogens is 1. The third-order valence-electron chi connectivity index (χ3n) is 6.01. The average molecular weight is 483 g/mol. The highest BCUT2D eigenvalue weighted by molar-refractivity contribution is 7.89. The smallest absolute Gasteiger partial charge is 0.244 e. The Balaban J connectivity index is 1.45. The van der Waals surface area contributed by atoms with Gasteiger partial charge in [0.05, 0.1) is 4.90 Å². The van der Waals surface area contributed by atoms with E-state index >= 15 is 0 Å². The Bertz CT molecular complexity index is 1330. The number of fused-ring (bicyclic) bond motifs is 2. The minimum absolute atomic E-state index is 0.0347. The molecule has 0 radical (unpaired) electrons. The van der Waals surface area contributed by atoms with Crippen molar-refractivity contribution in [2.45, 2.75) is 30.4 Å². The molecule has 3 aromatic rings. The molecule has 0 aliphatic carbocycles. The lowest BCUT2D eigenvalue weighted by atomic mass is 9.95. The SMILES string of the molecule is O=C(NCc1ccc(F)cc1)C1Cc2ccccc2CN1S(=O)(=O)c1ccc2c(c1)OCCO2. The number of hydrogen-bond acceptors (Lipinski definition) is 5. The summed E-state index contributed by atoms with van der Waals surface area (Å²) in [6, 6.07) is 16.8. The molecule has 2 aliphatic rings. The van der Waals surface area contributed by atoms with Crippen LogP contribution in [0.2, 0.25) is 0 Å². The Morgan fingerprint density at radius 1 is 0.971 bits per heavy atom. The molecule has 34 heavy (non-hydrogen) atoms. The van der Waals surface area contributed by atoms with Crippen LogP contribution in [0.15, 0.2) is 71.6 Å². The fraction of sp³-hybridized carbons (Fsp3) is 0.240. The number of nitrogens with one attached hydrogen (secondary N) is 1. The Morgan fingerprint density at radius 2 is 1.68 bits per heavy atom. The van der Waals surface area contributed by atoms with Gasteiger partial charge in [-0.15, -0.1) is 0 Å². The first-order valence-electron chi connectivity index (χ1n) is 10.9. The molecule has 9 heteroatoms. The number of hydrogen-bond donors (Lipinski definition) is 1. The number of nitrogens with zero attached hydrogens (tertiary/aromatic N) is 1. The van der Waals surface area contributed by atoms with Crippen molar-refractivity contribution in [1.82, 2.24) is 9.62 Å². The van der Waals surface area contributed by atoms with Gasteiger partial charge < -0.3 is 14.8 Å². The number of ether oxygens (including phenoxy) is 2. The summed E-state index contributed by atoms with van der Waals surface area (Å²) in [6.45, 7) is 0.969. The van der Waals surface area contributed by atoms with Crippen LogP contribution in [-0.2, 0) is 34.3 Å². The van der Waals surface area contributed by atoms with Gasteiger partial charge in [-0.2, -0.15) is 4.31 Å². The third kappa shape index (κ3) is 4.36. The normalized spacial score (nSPS) is 17.6. The maximum Gasteiger partial charge on any atom is 0.244 e. The lowest BCUT2D eigenvalue weighted by Gasteiger charge is -2.35. The summed E-state index contributed by atoms with van der Waals surface area (Å²) in [5, 5.41) is 2.81. The van der Waals surface area contributed by atoms with Gasteiger partial charge in [-0.3, -0.25) is 4.79 Å². The molecule has 1 N–H and O–H groups in total. The Hall–Kier alpha value is -3.43. The summed E-state index contributed by atoms with van der Waals surface area (Å²) < 4.78 is 52.9. The van der Waals surface area contributed by atoms with Crippen molar-refractivity contribution in [3.05, 3.63) is 89.2 Å². The van der Waals surface area contributed by atoms with Gasteiger partial charge in [0.15, 0.2) is 11.5 Å². The second kappa shape index (κ2) is 9.08. The molecule has 3 aromatic carbocycles. The highest BCUT2D eigenvalue weighted by atomic mass is 32.2. The summed E-state index contributed by atoms with van der Waals surface area (Å²) in [6.07, 6.45) is 0.245. The largest absolute Gasteiger partial charge is 0.486 e. The summed E-state index contributed by atoms with van der Waals surface area (Å²) in [5.41, 5.74) is 2.50. The summed E-state index contributed by atoms with van der Waals surface area (Å²) >= 11 is 0. The van der Waals surface area contributed by atoms with Gasteiger partial charge in [0, 0.05) is 19.2 Å². The van der Waals surface area contributed by atoms with Crippen LogP contribution in [0.25, 0.3) is 0 Å². The molecule has 1 atom stereocenters. The minimum atomic E-state index is -4.03. The molecule has 0 spiro atoms. The molecule has 0 saturated heterocycles. The van der Waals surface area contributed by atoms with Crippen LogP contribution in [0.4, 0.5) is 4.39 Å². The van der Waals surface area contributed by atoms with Crippen LogP contribution in [0.5, 0.6) is 11.5 Å². The number of carbonyl (C=O) groups is 1. The van der Waals surface area contributed by atoms with Crippen LogP contribution in [0, 0.1) is 5.82 Å². The van der Waals surface area contributed by atoms with E-state index in [2.05, 4.69) is 5.32 Å². The van der Waals surface area contributed by atoms with E-state index in [1.165, 1.54) is 28.6 Å². The van der Waals surface area contributed by atoms with Gasteiger partial charge in [0.25, 0.3) is 0 Å². The fourth-order valence-electron chi connectivity index (χ4n) is 4.20. The van der Waals surface area contributed by atoms with E-state index in [9.17, 15) is 17.6 Å². The molecule has 0 aromatic heterocycles. The quantitative estimate of drug-likeness (QED) is 0.604. The zero-order valence-electron chi connectivity index (χ0n) is 18.2. The predicted octanol–water partition coefficient (Wildman–Crippen LogP) is 3.03. The van der Waals surface area contributed by atoms with Crippen molar-refractivity contribution in [2.75, 3.05) is 13.2 Å². The zero-order chi connectivity index (χ0) is 23.7. The molecule has 0 saturated carbocycles. The minimum Gasteiger partial charge on any atom is -0.486 e. The van der Waals surface area contributed by atoms with Crippen molar-refractivity contribution in [3.8, 4) is 11.5 Å². The van der Waals surface area contributed by atoms with Crippen LogP contribution >= 0.6 is 0 Å². The van der Waals surface area contributed by atoms with Crippen molar-refractivity contribution in [3.63, 3.8) is 0 Å². The maximum atomic E-state index is 13.7. The van der Waals surface area contributed by atoms with Gasteiger partial charge >= 0.3 is 0 Å². The van der Waals surface area contributed by atoms with Crippen molar-refractivity contribution in [1.29, 1.82) is 0 Å². The van der Waals surface area contributed by atoms with E-state index in [0.29, 0.717) is 30.3 Å². The summed E-state index contributed by atoms with van der Waals surface area (Å²) in [4.78, 5) is 13.3. The van der Waals surface area contributed by atoms with Gasteiger partial charge in [-0.05, 0) is 47.4 Å². The molecule has 5 rings (SSSR count). The molecule has 2 aliphatic heterocycles. The summed E-state index contributed by atoms with van der Waals surface area (Å²) in [5.74, 6) is 0.0698. The first kappa shape index (κ1) is 22.4. The molecular weight excluding hydrogens is 459 g/mol. The monoisotopic (exact) mass is 482 g/mol. The van der Waals surface area contributed by atoms with Gasteiger partial charge in [0.1, 0.15) is 25.1 Å². The van der Waals surface area contributed by atoms with Crippen LogP contribution < -0.4 is 14.8 Å². The molecule has 1 unspecified atom stereocenters. The van der Waals surface area contributed by atoms with E-state index in [4.69, 9.17) is 9.47 Å². The van der Waals surface area contributed by atoms with Crippen LogP contribution in [0.3, 0.4) is 0 Å². The Labute approximate surface area is 197 Å². The van der Waals surface area contributed by atoms with Crippen LogP contribution in [-0.4, -0.2) is 37.9 Å². The lowest BCUT2D eigenvalue weighted by molar-refractivity contribution is -0.125. The zero-order valence-corrected chi connectivity index (χ0v) is 19.1. The number of sulfonamides is 1. The van der Waals surface area contributed by atoms with Gasteiger partial charge in [0.2, 0.25) is 15.9 Å². The van der Waals surface area contributed by atoms with E-state index in [-0.39, 0.29) is 30.2 Å². The topological polar surface area (TPSA) is 84.9 Å². The molecule has 0 fully saturated rings. The van der Waals surface area contributed by atoms with Crippen molar-refractivity contribution >= 4 is 15.9 Å². The Kier molecular flexibility index (Phi) is 5.97. The number of carbonyl (C=O) groups excluding carboxylic acids is 1. The number of amides is 1. The fourth-order valence-corrected chi connectivity index (χ4v) is 5.78. The first-order chi connectivity index (χ1) is 16.4. The van der Waals surface area contributed by atoms with E-state index in [1.54, 1.807) is 18.2 Å². The molecule has 2 heterocycles. The summed E-state index contributed by atoms with van der Waals surface area (Å²) in [7, 11) is -4.03. The first-order valence-corrected chi connectivity index (χ1v) is 12.4. The maximum absolute atomic E-state index is 13.7. The Morgan fingerprint density at radius 3 is 2.44 bits per heavy atom. The predicted molar refractivity (Wildman–Crippen MR) is 122 cm³/mol. The van der Waals surface area contributed by atoms with Crippen LogP contribution in [0.1, 0.15) is 16.7 Å². The van der Waals surface area contributed by atoms with Crippen molar-refractivity contribution < 1.29 is 27.1 Å². The average Bonchev–Trinajstić information content (AvgIpc) is 2.87. The molecular formula is C25H23FN2O5S. The standard InChI is InChI=1S/C25H23FN2O5S/c26-20-7-5-17(6-8-20)15-27-25(29)22-13-18-3-1-2-4-19(18)16-28(22)34(30,31)21-9-10-23-24(14-21)33-12-11-32-23/h1-10,14,22H,11-13,15-16H2,(H,27,29). The molecule has 7 nitrogen and oxygen atoms in total. The number of benzene rings is 3. The highest BCUT2D eigenvalue weighted by Gasteiger charge is 2.40. The van der Waals surface area contributed by atoms with Gasteiger partial charge in [-0.25, -0.2) is 12.8 Å². The van der Waals surface area contributed by atoms with E-state index in [0.717, 1.165) is 11.1 Å². The highest BCUT2D eigenvalue weighted by Crippen LogP contribution is 2.35. The lowest BCUT2D eigenvalue weighted by Crippen LogP contribution is -2.52. The van der Waals surface area contributed by atoms with E-state index < -0.39 is 22.0 Å². The number of rotatable bonds is 5. The second-order valence-electron chi connectivity index (χ2n) is 8.19. The van der Waals surface area contributed by atoms with Crippen molar-refractivity contribution in [2.24, 2.45) is 0 Å². The third-order valence-corrected chi connectivity index (χ3v) is 7.86. The molecule has 176 valence electrons.